The fourth-order valence-electron chi connectivity index (χ4n) is 1.82. The maximum absolute atomic E-state index is 13.2. The highest BCUT2D eigenvalue weighted by molar-refractivity contribution is 5.33. The molecule has 0 bridgehead atoms. The van der Waals surface area contributed by atoms with Crippen LogP contribution in [0.2, 0.25) is 0 Å². The Morgan fingerprint density at radius 3 is 2.19 bits per heavy atom. The summed E-state index contributed by atoms with van der Waals surface area (Å²) in [7, 11) is 0. The van der Waals surface area contributed by atoms with Crippen molar-refractivity contribution in [2.24, 2.45) is 5.73 Å². The van der Waals surface area contributed by atoms with Crippen LogP contribution < -0.4 is 10.5 Å². The van der Waals surface area contributed by atoms with Crippen molar-refractivity contribution in [1.82, 2.24) is 4.98 Å². The first-order valence-corrected chi connectivity index (χ1v) is 6.63. The average Bonchev–Trinajstić information content (AvgIpc) is 2.36. The third-order valence-corrected chi connectivity index (χ3v) is 2.92. The first-order chi connectivity index (χ1) is 9.77. The van der Waals surface area contributed by atoms with Crippen LogP contribution in [0.4, 0.5) is 8.78 Å². The molecule has 0 aliphatic heterocycles. The zero-order chi connectivity index (χ0) is 15.6. The lowest BCUT2D eigenvalue weighted by Crippen LogP contribution is -2.15. The summed E-state index contributed by atoms with van der Waals surface area (Å²) < 4.78 is 31.8. The van der Waals surface area contributed by atoms with E-state index in [2.05, 4.69) is 4.98 Å². The SMILES string of the molecule is CC(C)(C)c1cc(CN)cc(Oc2cc(F)cc(F)c2)n1. The maximum Gasteiger partial charge on any atom is 0.219 e. The summed E-state index contributed by atoms with van der Waals surface area (Å²) in [6.07, 6.45) is 0. The van der Waals surface area contributed by atoms with Gasteiger partial charge in [0.1, 0.15) is 17.4 Å². The van der Waals surface area contributed by atoms with Crippen molar-refractivity contribution in [3.63, 3.8) is 0 Å². The number of rotatable bonds is 3. The molecule has 0 aliphatic rings. The molecule has 0 radical (unpaired) electrons. The smallest absolute Gasteiger partial charge is 0.219 e. The van der Waals surface area contributed by atoms with Gasteiger partial charge < -0.3 is 10.5 Å². The van der Waals surface area contributed by atoms with Crippen LogP contribution >= 0.6 is 0 Å². The zero-order valence-electron chi connectivity index (χ0n) is 12.3. The second-order valence-corrected chi connectivity index (χ2v) is 5.86. The number of hydrogen-bond donors (Lipinski definition) is 1. The Kier molecular flexibility index (Phi) is 4.23. The summed E-state index contributed by atoms with van der Waals surface area (Å²) in [5, 5.41) is 0. The number of nitrogens with two attached hydrogens (primary N) is 1. The Bertz CT molecular complexity index is 631. The molecule has 0 spiro atoms. The van der Waals surface area contributed by atoms with Crippen molar-refractivity contribution in [1.29, 1.82) is 0 Å². The highest BCUT2D eigenvalue weighted by atomic mass is 19.1. The van der Waals surface area contributed by atoms with Crippen LogP contribution in [-0.4, -0.2) is 4.98 Å². The van der Waals surface area contributed by atoms with Gasteiger partial charge in [0.2, 0.25) is 5.88 Å². The number of nitrogens with zero attached hydrogens (tertiary/aromatic N) is 1. The van der Waals surface area contributed by atoms with Gasteiger partial charge in [-0.2, -0.15) is 0 Å². The largest absolute Gasteiger partial charge is 0.439 e. The van der Waals surface area contributed by atoms with E-state index in [0.29, 0.717) is 6.54 Å². The molecule has 2 rings (SSSR count). The van der Waals surface area contributed by atoms with Crippen molar-refractivity contribution in [2.45, 2.75) is 32.7 Å². The van der Waals surface area contributed by atoms with E-state index in [0.717, 1.165) is 29.5 Å². The van der Waals surface area contributed by atoms with E-state index in [-0.39, 0.29) is 17.0 Å². The Morgan fingerprint density at radius 2 is 1.67 bits per heavy atom. The van der Waals surface area contributed by atoms with Crippen molar-refractivity contribution in [3.8, 4) is 11.6 Å². The summed E-state index contributed by atoms with van der Waals surface area (Å²) >= 11 is 0. The maximum atomic E-state index is 13.2. The highest BCUT2D eigenvalue weighted by Gasteiger charge is 2.17. The molecule has 0 fully saturated rings. The summed E-state index contributed by atoms with van der Waals surface area (Å²) in [4.78, 5) is 4.38. The second kappa shape index (κ2) is 5.77. The molecule has 0 saturated carbocycles. The molecule has 0 aliphatic carbocycles. The minimum absolute atomic E-state index is 0.0639. The predicted octanol–water partition coefficient (Wildman–Crippen LogP) is 3.91. The molecule has 112 valence electrons. The molecule has 0 amide bonds. The van der Waals surface area contributed by atoms with E-state index >= 15 is 0 Å². The summed E-state index contributed by atoms with van der Waals surface area (Å²) in [5.41, 5.74) is 7.14. The zero-order valence-corrected chi connectivity index (χ0v) is 12.3. The first kappa shape index (κ1) is 15.4. The van der Waals surface area contributed by atoms with Gasteiger partial charge in [-0.1, -0.05) is 20.8 Å². The van der Waals surface area contributed by atoms with Gasteiger partial charge >= 0.3 is 0 Å². The molecular formula is C16H18F2N2O. The van der Waals surface area contributed by atoms with Crippen LogP contribution in [0, 0.1) is 11.6 Å². The monoisotopic (exact) mass is 292 g/mol. The molecule has 1 aromatic carbocycles. The molecule has 21 heavy (non-hydrogen) atoms. The Hall–Kier alpha value is -2.01. The average molecular weight is 292 g/mol. The Morgan fingerprint density at radius 1 is 1.05 bits per heavy atom. The van der Waals surface area contributed by atoms with Crippen LogP contribution in [0.3, 0.4) is 0 Å². The topological polar surface area (TPSA) is 48.1 Å². The van der Waals surface area contributed by atoms with E-state index in [1.807, 2.05) is 26.8 Å². The summed E-state index contributed by atoms with van der Waals surface area (Å²) in [6.45, 7) is 6.38. The van der Waals surface area contributed by atoms with Gasteiger partial charge in [-0.05, 0) is 11.6 Å². The number of hydrogen-bond acceptors (Lipinski definition) is 3. The molecule has 3 nitrogen and oxygen atoms in total. The Labute approximate surface area is 122 Å². The number of ether oxygens (including phenoxy) is 1. The van der Waals surface area contributed by atoms with E-state index in [1.54, 1.807) is 6.07 Å². The fourth-order valence-corrected chi connectivity index (χ4v) is 1.82. The van der Waals surface area contributed by atoms with Gasteiger partial charge in [0.15, 0.2) is 0 Å². The second-order valence-electron chi connectivity index (χ2n) is 5.86. The van der Waals surface area contributed by atoms with Gasteiger partial charge in [0.25, 0.3) is 0 Å². The molecular weight excluding hydrogens is 274 g/mol. The minimum Gasteiger partial charge on any atom is -0.439 e. The Balaban J connectivity index is 2.39. The normalized spacial score (nSPS) is 11.5. The van der Waals surface area contributed by atoms with Gasteiger partial charge in [-0.3, -0.25) is 0 Å². The third-order valence-electron chi connectivity index (χ3n) is 2.92. The van der Waals surface area contributed by atoms with Crippen LogP contribution in [-0.2, 0) is 12.0 Å². The van der Waals surface area contributed by atoms with Crippen molar-refractivity contribution in [3.05, 3.63) is 53.2 Å². The van der Waals surface area contributed by atoms with E-state index in [9.17, 15) is 8.78 Å². The lowest BCUT2D eigenvalue weighted by molar-refractivity contribution is 0.441. The summed E-state index contributed by atoms with van der Waals surface area (Å²) in [6, 6.07) is 6.57. The van der Waals surface area contributed by atoms with E-state index in [4.69, 9.17) is 10.5 Å². The van der Waals surface area contributed by atoms with Crippen molar-refractivity contribution >= 4 is 0 Å². The molecule has 0 unspecified atom stereocenters. The van der Waals surface area contributed by atoms with Crippen molar-refractivity contribution < 1.29 is 13.5 Å². The number of halogens is 2. The summed E-state index contributed by atoms with van der Waals surface area (Å²) in [5.74, 6) is -1.06. The lowest BCUT2D eigenvalue weighted by Gasteiger charge is -2.19. The fraction of sp³-hybridized carbons (Fsp3) is 0.312. The van der Waals surface area contributed by atoms with E-state index < -0.39 is 11.6 Å². The molecule has 5 heteroatoms. The van der Waals surface area contributed by atoms with Gasteiger partial charge in [-0.15, -0.1) is 0 Å². The van der Waals surface area contributed by atoms with Gasteiger partial charge in [-0.25, -0.2) is 13.8 Å². The quantitative estimate of drug-likeness (QED) is 0.933. The lowest BCUT2D eigenvalue weighted by atomic mass is 9.91. The third kappa shape index (κ3) is 3.98. The van der Waals surface area contributed by atoms with E-state index in [1.165, 1.54) is 0 Å². The number of aromatic nitrogens is 1. The number of benzene rings is 1. The molecule has 2 aromatic rings. The van der Waals surface area contributed by atoms with Crippen LogP contribution in [0.5, 0.6) is 11.6 Å². The van der Waals surface area contributed by atoms with Crippen LogP contribution in [0.25, 0.3) is 0 Å². The van der Waals surface area contributed by atoms with Gasteiger partial charge in [0, 0.05) is 36.2 Å². The van der Waals surface area contributed by atoms with Crippen molar-refractivity contribution in [2.75, 3.05) is 0 Å². The molecule has 0 saturated heterocycles. The number of pyridine rings is 1. The molecule has 1 aromatic heterocycles. The highest BCUT2D eigenvalue weighted by Crippen LogP contribution is 2.27. The minimum atomic E-state index is -0.698. The standard InChI is InChI=1S/C16H18F2N2O/c1-16(2,3)14-4-10(9-19)5-15(20-14)21-13-7-11(17)6-12(18)8-13/h4-8H,9,19H2,1-3H3. The molecule has 0 atom stereocenters. The first-order valence-electron chi connectivity index (χ1n) is 6.63. The van der Waals surface area contributed by atoms with Crippen LogP contribution in [0.1, 0.15) is 32.0 Å². The molecule has 2 N–H and O–H groups in total. The molecule has 1 heterocycles. The predicted molar refractivity (Wildman–Crippen MR) is 77.3 cm³/mol. The van der Waals surface area contributed by atoms with Gasteiger partial charge in [0.05, 0.1) is 5.69 Å². The van der Waals surface area contributed by atoms with Crippen LogP contribution in [0.15, 0.2) is 30.3 Å².